The molecule has 3 heteroatoms. The molecule has 0 N–H and O–H groups in total. The second kappa shape index (κ2) is 11.5. The molecular formula is C19H34O3. The summed E-state index contributed by atoms with van der Waals surface area (Å²) in [5, 5.41) is 0. The number of esters is 1. The molecule has 0 saturated heterocycles. The third kappa shape index (κ3) is 11.6. The number of carbonyl (C=O) groups excluding carboxylic acids is 1. The van der Waals surface area contributed by atoms with Gasteiger partial charge in [-0.15, -0.1) is 0 Å². The SMILES string of the molecule is CCCOC(=O)/C=C(C)/C=C/CC(C)CCCC(C)(C)OC. The number of methoxy groups -OCH3 is 1. The Balaban J connectivity index is 4.00. The van der Waals surface area contributed by atoms with Crippen LogP contribution < -0.4 is 0 Å². The highest BCUT2D eigenvalue weighted by Gasteiger charge is 2.15. The van der Waals surface area contributed by atoms with Crippen LogP contribution in [0.15, 0.2) is 23.8 Å². The molecule has 0 bridgehead atoms. The molecule has 0 aromatic rings. The van der Waals surface area contributed by atoms with Crippen LogP contribution in [0.2, 0.25) is 0 Å². The van der Waals surface area contributed by atoms with Crippen molar-refractivity contribution in [1.29, 1.82) is 0 Å². The minimum atomic E-state index is -0.251. The Hall–Kier alpha value is -1.09. The summed E-state index contributed by atoms with van der Waals surface area (Å²) >= 11 is 0. The average molecular weight is 310 g/mol. The predicted molar refractivity (Wildman–Crippen MR) is 92.9 cm³/mol. The third-order valence-electron chi connectivity index (χ3n) is 3.74. The van der Waals surface area contributed by atoms with Gasteiger partial charge in [0.05, 0.1) is 12.2 Å². The molecule has 0 radical (unpaired) electrons. The lowest BCUT2D eigenvalue weighted by Crippen LogP contribution is -2.22. The lowest BCUT2D eigenvalue weighted by atomic mass is 9.95. The first-order valence-corrected chi connectivity index (χ1v) is 8.37. The maximum Gasteiger partial charge on any atom is 0.331 e. The molecule has 0 heterocycles. The van der Waals surface area contributed by atoms with Gasteiger partial charge in [-0.1, -0.05) is 38.8 Å². The van der Waals surface area contributed by atoms with E-state index in [0.29, 0.717) is 12.5 Å². The van der Waals surface area contributed by atoms with Gasteiger partial charge in [-0.25, -0.2) is 4.79 Å². The van der Waals surface area contributed by atoms with E-state index in [4.69, 9.17) is 9.47 Å². The van der Waals surface area contributed by atoms with Crippen LogP contribution in [0.3, 0.4) is 0 Å². The summed E-state index contributed by atoms with van der Waals surface area (Å²) in [6, 6.07) is 0. The van der Waals surface area contributed by atoms with Crippen molar-refractivity contribution in [3.05, 3.63) is 23.8 Å². The lowest BCUT2D eigenvalue weighted by Gasteiger charge is -2.23. The van der Waals surface area contributed by atoms with Crippen LogP contribution in [-0.4, -0.2) is 25.3 Å². The summed E-state index contributed by atoms with van der Waals surface area (Å²) in [4.78, 5) is 11.4. The fraction of sp³-hybridized carbons (Fsp3) is 0.737. The van der Waals surface area contributed by atoms with E-state index >= 15 is 0 Å². The molecule has 3 nitrogen and oxygen atoms in total. The van der Waals surface area contributed by atoms with E-state index in [2.05, 4.69) is 26.8 Å². The van der Waals surface area contributed by atoms with Gasteiger partial charge >= 0.3 is 5.97 Å². The Morgan fingerprint density at radius 2 is 2.00 bits per heavy atom. The zero-order chi connectivity index (χ0) is 17.0. The maximum atomic E-state index is 11.4. The topological polar surface area (TPSA) is 35.5 Å². The molecule has 0 aliphatic heterocycles. The van der Waals surface area contributed by atoms with Crippen molar-refractivity contribution in [3.63, 3.8) is 0 Å². The van der Waals surface area contributed by atoms with Crippen LogP contribution in [0, 0.1) is 5.92 Å². The smallest absolute Gasteiger partial charge is 0.331 e. The molecule has 0 aliphatic carbocycles. The van der Waals surface area contributed by atoms with Gasteiger partial charge in [0, 0.05) is 13.2 Å². The zero-order valence-electron chi connectivity index (χ0n) is 15.3. The third-order valence-corrected chi connectivity index (χ3v) is 3.74. The molecule has 0 amide bonds. The van der Waals surface area contributed by atoms with Crippen molar-refractivity contribution in [3.8, 4) is 0 Å². The van der Waals surface area contributed by atoms with Gasteiger partial charge in [-0.05, 0) is 51.5 Å². The van der Waals surface area contributed by atoms with E-state index in [1.165, 1.54) is 12.8 Å². The number of hydrogen-bond acceptors (Lipinski definition) is 3. The van der Waals surface area contributed by atoms with Crippen molar-refractivity contribution >= 4 is 5.97 Å². The number of carbonyl (C=O) groups is 1. The van der Waals surface area contributed by atoms with E-state index < -0.39 is 0 Å². The fourth-order valence-electron chi connectivity index (χ4n) is 2.06. The predicted octanol–water partition coefficient (Wildman–Crippen LogP) is 5.06. The molecule has 0 aromatic carbocycles. The van der Waals surface area contributed by atoms with Crippen molar-refractivity contribution in [2.45, 2.75) is 72.3 Å². The Kier molecular flexibility index (Phi) is 10.9. The van der Waals surface area contributed by atoms with Gasteiger partial charge in [0.15, 0.2) is 0 Å². The molecule has 0 aromatic heterocycles. The van der Waals surface area contributed by atoms with Crippen LogP contribution in [0.25, 0.3) is 0 Å². The molecular weight excluding hydrogens is 276 g/mol. The first-order valence-electron chi connectivity index (χ1n) is 8.37. The molecule has 0 spiro atoms. The van der Waals surface area contributed by atoms with Gasteiger partial charge in [0.25, 0.3) is 0 Å². The maximum absolute atomic E-state index is 11.4. The number of hydrogen-bond donors (Lipinski definition) is 0. The fourth-order valence-corrected chi connectivity index (χ4v) is 2.06. The standard InChI is InChI=1S/C19H34O3/c1-7-14-22-18(20)15-17(3)11-8-10-16(2)12-9-13-19(4,5)21-6/h8,11,15-16H,7,9-10,12-14H2,1-6H3/b11-8+,17-15+. The molecule has 128 valence electrons. The summed E-state index contributed by atoms with van der Waals surface area (Å²) in [7, 11) is 1.77. The normalized spacial score (nSPS) is 14.4. The number of allylic oxidation sites excluding steroid dienone is 3. The van der Waals surface area contributed by atoms with Crippen molar-refractivity contribution in [1.82, 2.24) is 0 Å². The minimum absolute atomic E-state index is 0.0201. The van der Waals surface area contributed by atoms with Gasteiger partial charge in [0.2, 0.25) is 0 Å². The second-order valence-corrected chi connectivity index (χ2v) is 6.66. The molecule has 22 heavy (non-hydrogen) atoms. The van der Waals surface area contributed by atoms with E-state index in [-0.39, 0.29) is 11.6 Å². The highest BCUT2D eigenvalue weighted by atomic mass is 16.5. The molecule has 0 aliphatic rings. The van der Waals surface area contributed by atoms with Gasteiger partial charge in [-0.3, -0.25) is 0 Å². The monoisotopic (exact) mass is 310 g/mol. The summed E-state index contributed by atoms with van der Waals surface area (Å²) in [6.07, 6.45) is 11.0. The largest absolute Gasteiger partial charge is 0.463 e. The Morgan fingerprint density at radius 1 is 1.32 bits per heavy atom. The van der Waals surface area contributed by atoms with Crippen LogP contribution in [0.1, 0.15) is 66.7 Å². The van der Waals surface area contributed by atoms with Gasteiger partial charge in [-0.2, -0.15) is 0 Å². The van der Waals surface area contributed by atoms with Crippen LogP contribution in [0.5, 0.6) is 0 Å². The highest BCUT2D eigenvalue weighted by molar-refractivity contribution is 5.83. The minimum Gasteiger partial charge on any atom is -0.463 e. The molecule has 1 atom stereocenters. The molecule has 0 saturated carbocycles. The summed E-state index contributed by atoms with van der Waals surface area (Å²) in [5.74, 6) is 0.391. The van der Waals surface area contributed by atoms with Crippen molar-refractivity contribution in [2.75, 3.05) is 13.7 Å². The Labute approximate surface area is 136 Å². The first-order chi connectivity index (χ1) is 10.3. The summed E-state index contributed by atoms with van der Waals surface area (Å²) < 4.78 is 10.5. The molecule has 0 fully saturated rings. The zero-order valence-corrected chi connectivity index (χ0v) is 15.3. The van der Waals surface area contributed by atoms with Gasteiger partial charge < -0.3 is 9.47 Å². The number of ether oxygens (including phenoxy) is 2. The van der Waals surface area contributed by atoms with E-state index in [1.54, 1.807) is 13.2 Å². The quantitative estimate of drug-likeness (QED) is 0.304. The second-order valence-electron chi connectivity index (χ2n) is 6.66. The van der Waals surface area contributed by atoms with Crippen LogP contribution >= 0.6 is 0 Å². The Morgan fingerprint density at radius 3 is 2.59 bits per heavy atom. The molecule has 0 rings (SSSR count). The molecule has 1 unspecified atom stereocenters. The Bertz CT molecular complexity index is 367. The van der Waals surface area contributed by atoms with E-state index in [1.807, 2.05) is 19.9 Å². The van der Waals surface area contributed by atoms with E-state index in [0.717, 1.165) is 24.8 Å². The van der Waals surface area contributed by atoms with Crippen LogP contribution in [-0.2, 0) is 14.3 Å². The summed E-state index contributed by atoms with van der Waals surface area (Å²) in [5.41, 5.74) is 0.919. The van der Waals surface area contributed by atoms with Crippen molar-refractivity contribution in [2.24, 2.45) is 5.92 Å². The highest BCUT2D eigenvalue weighted by Crippen LogP contribution is 2.20. The summed E-state index contributed by atoms with van der Waals surface area (Å²) in [6.45, 7) is 10.9. The number of rotatable bonds is 11. The van der Waals surface area contributed by atoms with Gasteiger partial charge in [0.1, 0.15) is 0 Å². The lowest BCUT2D eigenvalue weighted by molar-refractivity contribution is -0.137. The van der Waals surface area contributed by atoms with Crippen molar-refractivity contribution < 1.29 is 14.3 Å². The van der Waals surface area contributed by atoms with Crippen LogP contribution in [0.4, 0.5) is 0 Å². The first kappa shape index (κ1) is 20.9. The average Bonchev–Trinajstić information content (AvgIpc) is 2.44. The van der Waals surface area contributed by atoms with E-state index in [9.17, 15) is 4.79 Å².